The van der Waals surface area contributed by atoms with Crippen LogP contribution in [0, 0.1) is 0 Å². The van der Waals surface area contributed by atoms with Crippen LogP contribution in [0.3, 0.4) is 0 Å². The molecule has 0 unspecified atom stereocenters. The van der Waals surface area contributed by atoms with Crippen molar-refractivity contribution in [3.63, 3.8) is 0 Å². The Morgan fingerprint density at radius 2 is 1.76 bits per heavy atom. The summed E-state index contributed by atoms with van der Waals surface area (Å²) >= 11 is 0. The van der Waals surface area contributed by atoms with Gasteiger partial charge in [0.2, 0.25) is 6.79 Å². The zero-order valence-corrected chi connectivity index (χ0v) is 13.5. The van der Waals surface area contributed by atoms with Gasteiger partial charge in [0.25, 0.3) is 0 Å². The molecular formula is C21H16N2O2. The second-order valence-corrected chi connectivity index (χ2v) is 6.17. The van der Waals surface area contributed by atoms with Gasteiger partial charge in [-0.1, -0.05) is 42.5 Å². The molecule has 5 rings (SSSR count). The van der Waals surface area contributed by atoms with Crippen molar-refractivity contribution in [2.45, 2.75) is 6.42 Å². The molecule has 0 saturated heterocycles. The number of aromatic amines is 1. The molecule has 122 valence electrons. The van der Waals surface area contributed by atoms with Gasteiger partial charge >= 0.3 is 0 Å². The molecule has 25 heavy (non-hydrogen) atoms. The lowest BCUT2D eigenvalue weighted by Crippen LogP contribution is -1.93. The topological polar surface area (TPSA) is 47.1 Å². The van der Waals surface area contributed by atoms with Gasteiger partial charge in [0.05, 0.1) is 11.9 Å². The summed E-state index contributed by atoms with van der Waals surface area (Å²) in [5.74, 6) is 2.54. The molecule has 3 aromatic carbocycles. The summed E-state index contributed by atoms with van der Waals surface area (Å²) in [5.41, 5.74) is 3.31. The number of nitrogens with zero attached hydrogens (tertiary/aromatic N) is 1. The third kappa shape index (κ3) is 2.62. The first-order valence-corrected chi connectivity index (χ1v) is 8.27. The molecule has 0 aliphatic carbocycles. The van der Waals surface area contributed by atoms with E-state index in [-0.39, 0.29) is 0 Å². The maximum atomic E-state index is 5.44. The zero-order valence-electron chi connectivity index (χ0n) is 13.5. The van der Waals surface area contributed by atoms with Crippen LogP contribution >= 0.6 is 0 Å². The molecule has 4 aromatic rings. The summed E-state index contributed by atoms with van der Waals surface area (Å²) < 4.78 is 10.8. The summed E-state index contributed by atoms with van der Waals surface area (Å²) in [7, 11) is 0. The largest absolute Gasteiger partial charge is 0.454 e. The highest BCUT2D eigenvalue weighted by Crippen LogP contribution is 2.33. The van der Waals surface area contributed by atoms with Crippen LogP contribution in [0.15, 0.2) is 66.9 Å². The Balaban J connectivity index is 1.42. The number of fused-ring (bicyclic) bond motifs is 2. The van der Waals surface area contributed by atoms with E-state index in [9.17, 15) is 0 Å². The van der Waals surface area contributed by atoms with Crippen molar-refractivity contribution in [3.8, 4) is 22.8 Å². The van der Waals surface area contributed by atoms with E-state index in [1.807, 2.05) is 24.4 Å². The summed E-state index contributed by atoms with van der Waals surface area (Å²) in [6.07, 6.45) is 2.62. The highest BCUT2D eigenvalue weighted by Gasteiger charge is 2.14. The van der Waals surface area contributed by atoms with E-state index in [0.29, 0.717) is 6.79 Å². The van der Waals surface area contributed by atoms with Crippen molar-refractivity contribution < 1.29 is 9.47 Å². The third-order valence-electron chi connectivity index (χ3n) is 4.50. The fourth-order valence-electron chi connectivity index (χ4n) is 3.20. The van der Waals surface area contributed by atoms with E-state index >= 15 is 0 Å². The van der Waals surface area contributed by atoms with E-state index in [4.69, 9.17) is 9.47 Å². The van der Waals surface area contributed by atoms with Crippen LogP contribution in [0.2, 0.25) is 0 Å². The van der Waals surface area contributed by atoms with Gasteiger partial charge in [-0.3, -0.25) is 0 Å². The van der Waals surface area contributed by atoms with Crippen molar-refractivity contribution in [1.82, 2.24) is 9.97 Å². The Kier molecular flexibility index (Phi) is 3.20. The molecule has 1 N–H and O–H groups in total. The van der Waals surface area contributed by atoms with Gasteiger partial charge in [0, 0.05) is 12.0 Å². The molecule has 1 aliphatic heterocycles. The minimum absolute atomic E-state index is 0.297. The summed E-state index contributed by atoms with van der Waals surface area (Å²) in [5, 5.41) is 2.47. The fourth-order valence-corrected chi connectivity index (χ4v) is 3.20. The Hall–Kier alpha value is -3.27. The number of imidazole rings is 1. The molecule has 4 heteroatoms. The van der Waals surface area contributed by atoms with Gasteiger partial charge in [-0.15, -0.1) is 0 Å². The molecule has 0 bridgehead atoms. The van der Waals surface area contributed by atoms with E-state index < -0.39 is 0 Å². The summed E-state index contributed by atoms with van der Waals surface area (Å²) in [4.78, 5) is 7.96. The Morgan fingerprint density at radius 1 is 0.880 bits per heavy atom. The van der Waals surface area contributed by atoms with Gasteiger partial charge in [0.15, 0.2) is 11.5 Å². The van der Waals surface area contributed by atoms with Crippen molar-refractivity contribution in [3.05, 3.63) is 78.2 Å². The molecule has 2 heterocycles. The smallest absolute Gasteiger partial charge is 0.231 e. The van der Waals surface area contributed by atoms with Gasteiger partial charge < -0.3 is 14.5 Å². The van der Waals surface area contributed by atoms with Gasteiger partial charge in [-0.25, -0.2) is 4.98 Å². The predicted octanol–water partition coefficient (Wildman–Crippen LogP) is 4.55. The fraction of sp³-hybridized carbons (Fsp3) is 0.0952. The number of hydrogen-bond donors (Lipinski definition) is 1. The third-order valence-corrected chi connectivity index (χ3v) is 4.50. The first-order chi connectivity index (χ1) is 12.3. The second kappa shape index (κ2) is 5.67. The van der Waals surface area contributed by atoms with Crippen LogP contribution in [0.4, 0.5) is 0 Å². The summed E-state index contributed by atoms with van der Waals surface area (Å²) in [6, 6.07) is 20.8. The molecule has 0 saturated carbocycles. The first kappa shape index (κ1) is 14.1. The molecule has 0 fully saturated rings. The zero-order chi connectivity index (χ0) is 16.6. The Labute approximate surface area is 145 Å². The maximum Gasteiger partial charge on any atom is 0.231 e. The molecule has 4 nitrogen and oxygen atoms in total. The minimum Gasteiger partial charge on any atom is -0.454 e. The standard InChI is InChI=1S/C21H16N2O2/c1-2-4-16-11-17(7-6-15(16)3-1)18-12-22-21(23-18)10-14-5-8-19-20(9-14)25-13-24-19/h1-9,11-12H,10,13H2,(H,22,23). The molecule has 0 radical (unpaired) electrons. The van der Waals surface area contributed by atoms with Crippen LogP contribution in [0.5, 0.6) is 11.5 Å². The lowest BCUT2D eigenvalue weighted by atomic mass is 10.1. The Bertz CT molecular complexity index is 1070. The van der Waals surface area contributed by atoms with Crippen LogP contribution in [-0.4, -0.2) is 16.8 Å². The average molecular weight is 328 g/mol. The lowest BCUT2D eigenvalue weighted by Gasteiger charge is -2.02. The molecular weight excluding hydrogens is 312 g/mol. The highest BCUT2D eigenvalue weighted by molar-refractivity contribution is 5.86. The van der Waals surface area contributed by atoms with Crippen LogP contribution < -0.4 is 9.47 Å². The average Bonchev–Trinajstić information content (AvgIpc) is 3.30. The highest BCUT2D eigenvalue weighted by atomic mass is 16.7. The minimum atomic E-state index is 0.297. The number of rotatable bonds is 3. The van der Waals surface area contributed by atoms with Crippen LogP contribution in [-0.2, 0) is 6.42 Å². The number of ether oxygens (including phenoxy) is 2. The molecule has 0 amide bonds. The maximum absolute atomic E-state index is 5.44. The van der Waals surface area contributed by atoms with E-state index in [0.717, 1.165) is 40.6 Å². The quantitative estimate of drug-likeness (QED) is 0.600. The van der Waals surface area contributed by atoms with E-state index in [2.05, 4.69) is 52.4 Å². The molecule has 1 aliphatic rings. The van der Waals surface area contributed by atoms with Crippen molar-refractivity contribution in [2.24, 2.45) is 0 Å². The molecule has 1 aromatic heterocycles. The SMILES string of the molecule is c1ccc2cc(-c3cnc(Cc4ccc5c(c4)OCO5)[nH]3)ccc2c1. The van der Waals surface area contributed by atoms with Gasteiger partial charge in [-0.2, -0.15) is 0 Å². The monoisotopic (exact) mass is 328 g/mol. The number of hydrogen-bond acceptors (Lipinski definition) is 3. The number of nitrogens with one attached hydrogen (secondary N) is 1. The first-order valence-electron chi connectivity index (χ1n) is 8.27. The predicted molar refractivity (Wildman–Crippen MR) is 96.9 cm³/mol. The van der Waals surface area contributed by atoms with Crippen molar-refractivity contribution in [2.75, 3.05) is 6.79 Å². The lowest BCUT2D eigenvalue weighted by molar-refractivity contribution is 0.174. The molecule has 0 spiro atoms. The number of aromatic nitrogens is 2. The van der Waals surface area contributed by atoms with Gasteiger partial charge in [-0.05, 0) is 34.5 Å². The van der Waals surface area contributed by atoms with E-state index in [1.54, 1.807) is 0 Å². The normalized spacial score (nSPS) is 12.6. The Morgan fingerprint density at radius 3 is 2.72 bits per heavy atom. The number of H-pyrrole nitrogens is 1. The number of benzene rings is 3. The van der Waals surface area contributed by atoms with Crippen molar-refractivity contribution >= 4 is 10.8 Å². The van der Waals surface area contributed by atoms with Crippen molar-refractivity contribution in [1.29, 1.82) is 0 Å². The van der Waals surface area contributed by atoms with Crippen LogP contribution in [0.25, 0.3) is 22.0 Å². The van der Waals surface area contributed by atoms with E-state index in [1.165, 1.54) is 10.8 Å². The molecule has 0 atom stereocenters. The second-order valence-electron chi connectivity index (χ2n) is 6.17. The van der Waals surface area contributed by atoms with Gasteiger partial charge in [0.1, 0.15) is 5.82 Å². The summed E-state index contributed by atoms with van der Waals surface area (Å²) in [6.45, 7) is 0.297. The van der Waals surface area contributed by atoms with Crippen LogP contribution in [0.1, 0.15) is 11.4 Å².